The molecule has 31 heavy (non-hydrogen) atoms. The molecule has 1 N–H and O–H groups in total. The number of amides is 2. The lowest BCUT2D eigenvalue weighted by molar-refractivity contribution is -0.120. The van der Waals surface area contributed by atoms with Crippen LogP contribution in [0.2, 0.25) is 5.02 Å². The number of hydrogen-bond donors (Lipinski definition) is 1. The summed E-state index contributed by atoms with van der Waals surface area (Å²) in [6, 6.07) is 20.9. The first-order valence-electron chi connectivity index (χ1n) is 9.46. The van der Waals surface area contributed by atoms with Gasteiger partial charge < -0.3 is 14.8 Å². The molecular weight excluding hydrogens is 416 g/mol. The Morgan fingerprint density at radius 2 is 1.42 bits per heavy atom. The minimum Gasteiger partial charge on any atom is -0.497 e. The van der Waals surface area contributed by atoms with E-state index in [0.717, 1.165) is 4.90 Å². The number of carbonyl (C=O) groups excluding carboxylic acids is 2. The predicted molar refractivity (Wildman–Crippen MR) is 120 cm³/mol. The van der Waals surface area contributed by atoms with Crippen LogP contribution in [0.4, 0.5) is 11.4 Å². The number of para-hydroxylation sites is 1. The smallest absolute Gasteiger partial charge is 0.282 e. The molecule has 0 bridgehead atoms. The number of hydrogen-bond acceptors (Lipinski definition) is 5. The topological polar surface area (TPSA) is 67.9 Å². The molecule has 0 unspecified atom stereocenters. The third-order valence-electron chi connectivity index (χ3n) is 4.86. The van der Waals surface area contributed by atoms with Crippen molar-refractivity contribution in [3.05, 3.63) is 89.1 Å². The summed E-state index contributed by atoms with van der Waals surface area (Å²) < 4.78 is 10.6. The summed E-state index contributed by atoms with van der Waals surface area (Å²) in [4.78, 5) is 27.9. The molecule has 156 valence electrons. The van der Waals surface area contributed by atoms with Crippen LogP contribution in [-0.2, 0) is 9.59 Å². The average molecular weight is 435 g/mol. The van der Waals surface area contributed by atoms with E-state index in [2.05, 4.69) is 5.32 Å². The van der Waals surface area contributed by atoms with E-state index in [4.69, 9.17) is 21.1 Å². The summed E-state index contributed by atoms with van der Waals surface area (Å²) in [5, 5.41) is 3.41. The molecule has 6 nitrogen and oxygen atoms in total. The normalized spacial score (nSPS) is 13.6. The number of imide groups is 1. The fourth-order valence-corrected chi connectivity index (χ4v) is 3.61. The van der Waals surface area contributed by atoms with Crippen molar-refractivity contribution in [1.29, 1.82) is 0 Å². The van der Waals surface area contributed by atoms with Gasteiger partial charge in [-0.3, -0.25) is 9.59 Å². The third-order valence-corrected chi connectivity index (χ3v) is 5.18. The van der Waals surface area contributed by atoms with E-state index in [9.17, 15) is 9.59 Å². The SMILES string of the molecule is COc1cc(NC2=C(c3ccccc3)C(=O)N(c3ccccc3Cl)C2=O)cc(OC)c1. The Labute approximate surface area is 184 Å². The molecule has 7 heteroatoms. The van der Waals surface area contributed by atoms with Gasteiger partial charge in [0.25, 0.3) is 11.8 Å². The first-order valence-corrected chi connectivity index (χ1v) is 9.84. The van der Waals surface area contributed by atoms with Gasteiger partial charge in [0.2, 0.25) is 0 Å². The molecule has 1 heterocycles. The zero-order chi connectivity index (χ0) is 22.0. The first-order chi connectivity index (χ1) is 15.0. The van der Waals surface area contributed by atoms with Crippen LogP contribution < -0.4 is 19.7 Å². The lowest BCUT2D eigenvalue weighted by Gasteiger charge is -2.17. The van der Waals surface area contributed by atoms with E-state index >= 15 is 0 Å². The Hall–Kier alpha value is -3.77. The van der Waals surface area contributed by atoms with Gasteiger partial charge in [-0.15, -0.1) is 0 Å². The minimum absolute atomic E-state index is 0.145. The molecule has 4 rings (SSSR count). The molecule has 0 fully saturated rings. The number of methoxy groups -OCH3 is 2. The van der Waals surface area contributed by atoms with Crippen LogP contribution in [-0.4, -0.2) is 26.0 Å². The van der Waals surface area contributed by atoms with Crippen LogP contribution in [0.15, 0.2) is 78.5 Å². The molecule has 3 aromatic carbocycles. The Morgan fingerprint density at radius 3 is 2.03 bits per heavy atom. The molecular formula is C24H19ClN2O4. The van der Waals surface area contributed by atoms with Crippen molar-refractivity contribution >= 4 is 40.4 Å². The fraction of sp³-hybridized carbons (Fsp3) is 0.0833. The maximum absolute atomic E-state index is 13.4. The second-order valence-corrected chi connectivity index (χ2v) is 7.15. The Kier molecular flexibility index (Phi) is 5.64. The van der Waals surface area contributed by atoms with E-state index < -0.39 is 11.8 Å². The quantitative estimate of drug-likeness (QED) is 0.567. The lowest BCUT2D eigenvalue weighted by Crippen LogP contribution is -2.32. The van der Waals surface area contributed by atoms with Gasteiger partial charge in [-0.25, -0.2) is 4.90 Å². The Bertz CT molecular complexity index is 1170. The maximum atomic E-state index is 13.4. The molecule has 0 radical (unpaired) electrons. The number of rotatable bonds is 6. The van der Waals surface area contributed by atoms with Crippen molar-refractivity contribution in [1.82, 2.24) is 0 Å². The molecule has 0 aromatic heterocycles. The summed E-state index contributed by atoms with van der Waals surface area (Å²) in [5.74, 6) is 0.132. The highest BCUT2D eigenvalue weighted by Crippen LogP contribution is 2.37. The molecule has 0 saturated carbocycles. The molecule has 0 aliphatic carbocycles. The molecule has 3 aromatic rings. The monoisotopic (exact) mass is 434 g/mol. The highest BCUT2D eigenvalue weighted by atomic mass is 35.5. The number of carbonyl (C=O) groups is 2. The van der Waals surface area contributed by atoms with Crippen LogP contribution in [0.5, 0.6) is 11.5 Å². The molecule has 0 saturated heterocycles. The van der Waals surface area contributed by atoms with Gasteiger partial charge in [-0.2, -0.15) is 0 Å². The van der Waals surface area contributed by atoms with Gasteiger partial charge in [0.1, 0.15) is 17.2 Å². The van der Waals surface area contributed by atoms with Crippen molar-refractivity contribution < 1.29 is 19.1 Å². The van der Waals surface area contributed by atoms with Crippen molar-refractivity contribution in [2.45, 2.75) is 0 Å². The van der Waals surface area contributed by atoms with Crippen LogP contribution in [0.1, 0.15) is 5.56 Å². The lowest BCUT2D eigenvalue weighted by atomic mass is 10.0. The van der Waals surface area contributed by atoms with Crippen LogP contribution >= 0.6 is 11.6 Å². The summed E-state index contributed by atoms with van der Waals surface area (Å²) in [7, 11) is 3.08. The molecule has 2 amide bonds. The Morgan fingerprint density at radius 1 is 0.806 bits per heavy atom. The van der Waals surface area contributed by atoms with E-state index in [1.54, 1.807) is 54.6 Å². The molecule has 1 aliphatic heterocycles. The van der Waals surface area contributed by atoms with E-state index in [1.165, 1.54) is 14.2 Å². The standard InChI is InChI=1S/C24H19ClN2O4/c1-30-17-12-16(13-18(14-17)31-2)26-22-21(15-8-4-3-5-9-15)23(28)27(24(22)29)20-11-7-6-10-19(20)25/h3-14,26H,1-2H3. The van der Waals surface area contributed by atoms with Crippen molar-refractivity contribution in [3.8, 4) is 11.5 Å². The van der Waals surface area contributed by atoms with Crippen molar-refractivity contribution in [2.75, 3.05) is 24.4 Å². The number of halogens is 1. The Balaban J connectivity index is 1.84. The molecule has 0 atom stereocenters. The van der Waals surface area contributed by atoms with Crippen molar-refractivity contribution in [3.63, 3.8) is 0 Å². The predicted octanol–water partition coefficient (Wildman–Crippen LogP) is 4.75. The number of ether oxygens (including phenoxy) is 2. The summed E-state index contributed by atoms with van der Waals surface area (Å²) in [6.07, 6.45) is 0. The summed E-state index contributed by atoms with van der Waals surface area (Å²) in [6.45, 7) is 0. The second kappa shape index (κ2) is 8.53. The highest BCUT2D eigenvalue weighted by molar-refractivity contribution is 6.48. The minimum atomic E-state index is -0.501. The number of anilines is 2. The van der Waals surface area contributed by atoms with Gasteiger partial charge in [-0.1, -0.05) is 54.1 Å². The van der Waals surface area contributed by atoms with Crippen LogP contribution in [0.3, 0.4) is 0 Å². The largest absolute Gasteiger partial charge is 0.497 e. The number of benzene rings is 3. The van der Waals surface area contributed by atoms with Gasteiger partial charge in [0.05, 0.1) is 30.5 Å². The highest BCUT2D eigenvalue weighted by Gasteiger charge is 2.41. The van der Waals surface area contributed by atoms with E-state index in [0.29, 0.717) is 33.5 Å². The van der Waals surface area contributed by atoms with E-state index in [-0.39, 0.29) is 11.3 Å². The third kappa shape index (κ3) is 3.85. The maximum Gasteiger partial charge on any atom is 0.282 e. The van der Waals surface area contributed by atoms with Gasteiger partial charge >= 0.3 is 0 Å². The zero-order valence-corrected chi connectivity index (χ0v) is 17.6. The summed E-state index contributed by atoms with van der Waals surface area (Å²) >= 11 is 6.30. The van der Waals surface area contributed by atoms with Crippen LogP contribution in [0, 0.1) is 0 Å². The molecule has 0 spiro atoms. The fourth-order valence-electron chi connectivity index (χ4n) is 3.39. The van der Waals surface area contributed by atoms with Crippen LogP contribution in [0.25, 0.3) is 5.57 Å². The number of nitrogens with zero attached hydrogens (tertiary/aromatic N) is 1. The van der Waals surface area contributed by atoms with Crippen molar-refractivity contribution in [2.24, 2.45) is 0 Å². The second-order valence-electron chi connectivity index (χ2n) is 6.74. The first kappa shape index (κ1) is 20.5. The zero-order valence-electron chi connectivity index (χ0n) is 16.9. The van der Waals surface area contributed by atoms with Gasteiger partial charge in [-0.05, 0) is 17.7 Å². The summed E-state index contributed by atoms with van der Waals surface area (Å²) in [5.41, 5.74) is 1.89. The molecule has 1 aliphatic rings. The number of nitrogens with one attached hydrogen (secondary N) is 1. The van der Waals surface area contributed by atoms with E-state index in [1.807, 2.05) is 18.2 Å². The average Bonchev–Trinajstić information content (AvgIpc) is 3.03. The van der Waals surface area contributed by atoms with Gasteiger partial charge in [0.15, 0.2) is 0 Å². The van der Waals surface area contributed by atoms with Gasteiger partial charge in [0, 0.05) is 23.9 Å².